The van der Waals surface area contributed by atoms with Gasteiger partial charge in [-0.2, -0.15) is 5.26 Å². The molecule has 1 saturated carbocycles. The third kappa shape index (κ3) is 4.36. The highest BCUT2D eigenvalue weighted by atomic mass is 32.2. The summed E-state index contributed by atoms with van der Waals surface area (Å²) < 4.78 is 31.4. The first-order chi connectivity index (χ1) is 16.2. The van der Waals surface area contributed by atoms with Crippen LogP contribution in [0.5, 0.6) is 5.75 Å². The number of nitrogens with zero attached hydrogens (tertiary/aromatic N) is 2. The Kier molecular flexibility index (Phi) is 6.36. The van der Waals surface area contributed by atoms with Crippen LogP contribution in [0.1, 0.15) is 43.7 Å². The summed E-state index contributed by atoms with van der Waals surface area (Å²) in [5, 5.41) is 11.1. The number of ether oxygens (including phenoxy) is 2. The van der Waals surface area contributed by atoms with Crippen molar-refractivity contribution in [3.63, 3.8) is 0 Å². The predicted molar refractivity (Wildman–Crippen MR) is 130 cm³/mol. The molecule has 2 aliphatic rings. The van der Waals surface area contributed by atoms with E-state index in [2.05, 4.69) is 26.1 Å². The van der Waals surface area contributed by atoms with Gasteiger partial charge in [-0.15, -0.1) is 0 Å². The van der Waals surface area contributed by atoms with E-state index in [9.17, 15) is 9.47 Å². The van der Waals surface area contributed by atoms with E-state index in [1.54, 1.807) is 7.05 Å². The summed E-state index contributed by atoms with van der Waals surface area (Å²) in [7, 11) is 1.63. The minimum absolute atomic E-state index is 0.168. The van der Waals surface area contributed by atoms with E-state index in [4.69, 9.17) is 9.47 Å². The quantitative estimate of drug-likeness (QED) is 0.532. The van der Waals surface area contributed by atoms with Gasteiger partial charge in [0.2, 0.25) is 0 Å². The van der Waals surface area contributed by atoms with Gasteiger partial charge in [0.1, 0.15) is 17.9 Å². The van der Waals surface area contributed by atoms with Gasteiger partial charge in [-0.3, -0.25) is 4.72 Å². The van der Waals surface area contributed by atoms with E-state index in [0.29, 0.717) is 11.6 Å². The Bertz CT molecular complexity index is 1210. The lowest BCUT2D eigenvalue weighted by Gasteiger charge is -2.30. The molecular weight excluding hydrogens is 436 g/mol. The zero-order valence-electron chi connectivity index (χ0n) is 18.7. The van der Waals surface area contributed by atoms with Gasteiger partial charge in [-0.25, -0.2) is 8.93 Å². The Hall–Kier alpha value is -2.86. The van der Waals surface area contributed by atoms with Gasteiger partial charge in [0.05, 0.1) is 30.0 Å². The summed E-state index contributed by atoms with van der Waals surface area (Å²) in [6, 6.07) is 16.7. The van der Waals surface area contributed by atoms with E-state index in [1.165, 1.54) is 6.42 Å². The van der Waals surface area contributed by atoms with Crippen molar-refractivity contribution >= 4 is 27.8 Å². The lowest BCUT2D eigenvalue weighted by molar-refractivity contribution is 0.0256. The minimum atomic E-state index is -1.34. The second-order valence-electron chi connectivity index (χ2n) is 8.55. The lowest BCUT2D eigenvalue weighted by atomic mass is 9.92. The normalized spacial score (nSPS) is 17.9. The molecule has 1 aliphatic heterocycles. The fraction of sp³-hybridized carbons (Fsp3) is 0.400. The highest BCUT2D eigenvalue weighted by Gasteiger charge is 2.28. The number of nitriles is 1. The molecule has 7 nitrogen and oxygen atoms in total. The molecule has 2 aromatic carbocycles. The number of nitrogens with one attached hydrogen (secondary N) is 2. The van der Waals surface area contributed by atoms with Crippen LogP contribution in [0.4, 0.5) is 5.69 Å². The third-order valence-corrected chi connectivity index (χ3v) is 7.34. The van der Waals surface area contributed by atoms with Crippen molar-refractivity contribution in [2.75, 3.05) is 25.0 Å². The molecule has 0 radical (unpaired) electrons. The predicted octanol–water partition coefficient (Wildman–Crippen LogP) is 4.67. The Morgan fingerprint density at radius 1 is 1.12 bits per heavy atom. The minimum Gasteiger partial charge on any atom is -0.490 e. The molecule has 8 heteroatoms. The first-order valence-electron chi connectivity index (χ1n) is 11.5. The van der Waals surface area contributed by atoms with Crippen LogP contribution in [0.25, 0.3) is 22.2 Å². The molecule has 1 saturated heterocycles. The molecule has 2 N–H and O–H groups in total. The van der Waals surface area contributed by atoms with Crippen molar-refractivity contribution < 1.29 is 13.7 Å². The molecule has 0 spiro atoms. The molecule has 2 heterocycles. The van der Waals surface area contributed by atoms with Crippen LogP contribution in [-0.2, 0) is 15.9 Å². The number of benzene rings is 2. The van der Waals surface area contributed by atoms with Crippen LogP contribution in [0.2, 0.25) is 0 Å². The Labute approximate surface area is 196 Å². The van der Waals surface area contributed by atoms with Crippen molar-refractivity contribution in [2.24, 2.45) is 0 Å². The van der Waals surface area contributed by atoms with E-state index in [0.717, 1.165) is 72.5 Å². The molecule has 0 bridgehead atoms. The van der Waals surface area contributed by atoms with Gasteiger partial charge in [-0.1, -0.05) is 12.1 Å². The summed E-state index contributed by atoms with van der Waals surface area (Å²) in [5.74, 6) is 0.845. The van der Waals surface area contributed by atoms with E-state index in [-0.39, 0.29) is 6.10 Å². The van der Waals surface area contributed by atoms with Gasteiger partial charge in [-0.05, 0) is 56.1 Å². The molecule has 1 atom stereocenters. The van der Waals surface area contributed by atoms with E-state index < -0.39 is 11.2 Å². The summed E-state index contributed by atoms with van der Waals surface area (Å²) in [4.78, 5) is 0. The highest BCUT2D eigenvalue weighted by molar-refractivity contribution is 7.84. The Morgan fingerprint density at radius 2 is 1.88 bits per heavy atom. The topological polar surface area (TPSA) is 88.3 Å². The summed E-state index contributed by atoms with van der Waals surface area (Å²) in [6.07, 6.45) is 5.37. The van der Waals surface area contributed by atoms with Gasteiger partial charge in [0.15, 0.2) is 11.2 Å². The maximum Gasteiger partial charge on any atom is 0.193 e. The van der Waals surface area contributed by atoms with Gasteiger partial charge >= 0.3 is 0 Å². The molecule has 2 fully saturated rings. The van der Waals surface area contributed by atoms with Gasteiger partial charge in [0.25, 0.3) is 0 Å². The van der Waals surface area contributed by atoms with Crippen LogP contribution in [0, 0.1) is 11.3 Å². The van der Waals surface area contributed by atoms with Crippen molar-refractivity contribution in [3.8, 4) is 23.1 Å². The smallest absolute Gasteiger partial charge is 0.193 e. The maximum absolute atomic E-state index is 11.7. The molecule has 1 aliphatic carbocycles. The van der Waals surface area contributed by atoms with Gasteiger partial charge in [0, 0.05) is 36.0 Å². The van der Waals surface area contributed by atoms with Gasteiger partial charge < -0.3 is 14.0 Å². The standard InChI is InChI=1S/C25H28N4O3S/c1-27-33(30)28-18-7-5-17(6-8-18)25-23(16-26)22-10-9-21(32-20-11-13-31-14-12-20)15-24(22)29(25)19-3-2-4-19/h5-10,15,19-20,27-28H,2-4,11-14H2,1H3. The van der Waals surface area contributed by atoms with Crippen LogP contribution >= 0.6 is 0 Å². The summed E-state index contributed by atoms with van der Waals surface area (Å²) in [5.41, 5.74) is 4.41. The van der Waals surface area contributed by atoms with Crippen molar-refractivity contribution in [1.29, 1.82) is 5.26 Å². The molecule has 1 unspecified atom stereocenters. The van der Waals surface area contributed by atoms with E-state index in [1.807, 2.05) is 36.4 Å². The molecule has 172 valence electrons. The SMILES string of the molecule is CNS(=O)Nc1ccc(-c2c(C#N)c3ccc(OC4CCOCC4)cc3n2C2CCC2)cc1. The zero-order valence-corrected chi connectivity index (χ0v) is 19.5. The number of hydrogen-bond donors (Lipinski definition) is 2. The summed E-state index contributed by atoms with van der Waals surface area (Å²) in [6.45, 7) is 1.47. The second kappa shape index (κ2) is 9.56. The lowest BCUT2D eigenvalue weighted by Crippen LogP contribution is -2.25. The summed E-state index contributed by atoms with van der Waals surface area (Å²) >= 11 is -1.34. The monoisotopic (exact) mass is 464 g/mol. The maximum atomic E-state index is 11.7. The van der Waals surface area contributed by atoms with Crippen LogP contribution in [-0.4, -0.2) is 35.1 Å². The number of anilines is 1. The molecule has 0 amide bonds. The average Bonchev–Trinajstić information content (AvgIpc) is 3.12. The second-order valence-corrected chi connectivity index (χ2v) is 9.70. The number of hydrogen-bond acceptors (Lipinski definition) is 4. The van der Waals surface area contributed by atoms with Crippen LogP contribution in [0.15, 0.2) is 42.5 Å². The fourth-order valence-electron chi connectivity index (χ4n) is 4.63. The number of rotatable bonds is 7. The first-order valence-corrected chi connectivity index (χ1v) is 12.6. The fourth-order valence-corrected chi connectivity index (χ4v) is 5.08. The number of fused-ring (bicyclic) bond motifs is 1. The van der Waals surface area contributed by atoms with Crippen LogP contribution < -0.4 is 14.2 Å². The Balaban J connectivity index is 1.57. The first kappa shape index (κ1) is 22.0. The molecule has 1 aromatic heterocycles. The van der Waals surface area contributed by atoms with Crippen molar-refractivity contribution in [1.82, 2.24) is 9.29 Å². The largest absolute Gasteiger partial charge is 0.490 e. The highest BCUT2D eigenvalue weighted by Crippen LogP contribution is 2.43. The molecule has 3 aromatic rings. The zero-order chi connectivity index (χ0) is 22.8. The Morgan fingerprint density at radius 3 is 2.52 bits per heavy atom. The number of aromatic nitrogens is 1. The third-order valence-electron chi connectivity index (χ3n) is 6.55. The molecular formula is C25H28N4O3S. The van der Waals surface area contributed by atoms with Crippen molar-refractivity contribution in [2.45, 2.75) is 44.2 Å². The van der Waals surface area contributed by atoms with E-state index >= 15 is 0 Å². The molecule has 33 heavy (non-hydrogen) atoms. The van der Waals surface area contributed by atoms with Crippen LogP contribution in [0.3, 0.4) is 0 Å². The van der Waals surface area contributed by atoms with Crippen molar-refractivity contribution in [3.05, 3.63) is 48.0 Å². The molecule has 5 rings (SSSR count). The average molecular weight is 465 g/mol.